The first-order valence-electron chi connectivity index (χ1n) is 11.3. The molecule has 2 aromatic heterocycles. The van der Waals surface area contributed by atoms with Gasteiger partial charge >= 0.3 is 0 Å². The Bertz CT molecular complexity index is 1230. The van der Waals surface area contributed by atoms with E-state index in [1.54, 1.807) is 42.2 Å². The lowest BCUT2D eigenvalue weighted by Crippen LogP contribution is -2.58. The van der Waals surface area contributed by atoms with E-state index < -0.39 is 17.0 Å². The molecule has 0 bridgehead atoms. The standard InChI is InChI=1S/C24H29ClN6O3/c1-16(2)30-10-8-24(15-32,9-11-30)27-22(33)20-12-21(17-4-6-18(25)7-5-17)28-31(23(20)34)19-13-26-29(3)14-19/h4-7,12-14,16,32H,8-11,15H2,1-3H3,(H,27,33). The smallest absolute Gasteiger partial charge is 0.284 e. The van der Waals surface area contributed by atoms with Crippen LogP contribution in [0.25, 0.3) is 16.9 Å². The summed E-state index contributed by atoms with van der Waals surface area (Å²) in [6.45, 7) is 5.56. The van der Waals surface area contributed by atoms with Crippen molar-refractivity contribution in [1.29, 1.82) is 0 Å². The van der Waals surface area contributed by atoms with Crippen LogP contribution < -0.4 is 10.9 Å². The summed E-state index contributed by atoms with van der Waals surface area (Å²) in [6, 6.07) is 8.88. The number of carbonyl (C=O) groups is 1. The molecule has 0 atom stereocenters. The Hall–Kier alpha value is -3.01. The highest BCUT2D eigenvalue weighted by Gasteiger charge is 2.37. The first-order valence-corrected chi connectivity index (χ1v) is 11.7. The van der Waals surface area contributed by atoms with Gasteiger partial charge < -0.3 is 15.3 Å². The normalized spacial score (nSPS) is 16.1. The Kier molecular flexibility index (Phi) is 6.88. The van der Waals surface area contributed by atoms with Gasteiger partial charge in [0.25, 0.3) is 11.5 Å². The number of aryl methyl sites for hydroxylation is 1. The quantitative estimate of drug-likeness (QED) is 0.556. The van der Waals surface area contributed by atoms with Gasteiger partial charge in [-0.05, 0) is 44.9 Å². The minimum atomic E-state index is -0.780. The number of halogens is 1. The van der Waals surface area contributed by atoms with Gasteiger partial charge in [-0.25, -0.2) is 0 Å². The maximum atomic E-state index is 13.4. The average molecular weight is 485 g/mol. The molecule has 10 heteroatoms. The highest BCUT2D eigenvalue weighted by molar-refractivity contribution is 6.30. The number of benzene rings is 1. The van der Waals surface area contributed by atoms with E-state index in [0.29, 0.717) is 40.9 Å². The van der Waals surface area contributed by atoms with E-state index >= 15 is 0 Å². The fraction of sp³-hybridized carbons (Fsp3) is 0.417. The van der Waals surface area contributed by atoms with Crippen LogP contribution in [0.3, 0.4) is 0 Å². The molecule has 34 heavy (non-hydrogen) atoms. The molecular weight excluding hydrogens is 456 g/mol. The van der Waals surface area contributed by atoms with Gasteiger partial charge in [0.15, 0.2) is 0 Å². The van der Waals surface area contributed by atoms with Gasteiger partial charge in [0, 0.05) is 36.8 Å². The average Bonchev–Trinajstić information content (AvgIpc) is 3.26. The Morgan fingerprint density at radius 2 is 1.91 bits per heavy atom. The summed E-state index contributed by atoms with van der Waals surface area (Å²) in [4.78, 5) is 29.1. The number of aromatic nitrogens is 4. The molecule has 4 rings (SSSR count). The number of hydrogen-bond acceptors (Lipinski definition) is 6. The summed E-state index contributed by atoms with van der Waals surface area (Å²) < 4.78 is 2.74. The van der Waals surface area contributed by atoms with Crippen molar-refractivity contribution in [2.45, 2.75) is 38.3 Å². The molecule has 3 aromatic rings. The van der Waals surface area contributed by atoms with Crippen LogP contribution in [-0.4, -0.2) is 66.8 Å². The van der Waals surface area contributed by atoms with Gasteiger partial charge in [-0.2, -0.15) is 14.9 Å². The molecular formula is C24H29ClN6O3. The highest BCUT2D eigenvalue weighted by atomic mass is 35.5. The SMILES string of the molecule is CC(C)N1CCC(CO)(NC(=O)c2cc(-c3ccc(Cl)cc3)nn(-c3cnn(C)c3)c2=O)CC1. The largest absolute Gasteiger partial charge is 0.394 e. The first kappa shape index (κ1) is 24.1. The van der Waals surface area contributed by atoms with Crippen LogP contribution in [0.15, 0.2) is 47.5 Å². The molecule has 180 valence electrons. The summed E-state index contributed by atoms with van der Waals surface area (Å²) in [5.41, 5.74) is 0.201. The third-order valence-corrected chi connectivity index (χ3v) is 6.65. The Balaban J connectivity index is 1.72. The van der Waals surface area contributed by atoms with Crippen molar-refractivity contribution in [3.05, 3.63) is 63.7 Å². The fourth-order valence-corrected chi connectivity index (χ4v) is 4.34. The lowest BCUT2D eigenvalue weighted by Gasteiger charge is -2.42. The van der Waals surface area contributed by atoms with E-state index in [4.69, 9.17) is 11.6 Å². The summed E-state index contributed by atoms with van der Waals surface area (Å²) in [5.74, 6) is -0.535. The lowest BCUT2D eigenvalue weighted by atomic mass is 9.87. The monoisotopic (exact) mass is 484 g/mol. The van der Waals surface area contributed by atoms with Gasteiger partial charge in [-0.1, -0.05) is 23.7 Å². The molecule has 0 unspecified atom stereocenters. The maximum absolute atomic E-state index is 13.4. The number of nitrogens with zero attached hydrogens (tertiary/aromatic N) is 5. The van der Waals surface area contributed by atoms with Crippen molar-refractivity contribution in [3.8, 4) is 16.9 Å². The molecule has 1 aromatic carbocycles. The predicted molar refractivity (Wildman–Crippen MR) is 130 cm³/mol. The Morgan fingerprint density at radius 3 is 2.47 bits per heavy atom. The second-order valence-corrected chi connectivity index (χ2v) is 9.50. The number of rotatable bonds is 6. The van der Waals surface area contributed by atoms with Gasteiger partial charge in [-0.15, -0.1) is 0 Å². The summed E-state index contributed by atoms with van der Waals surface area (Å²) in [6.07, 6.45) is 4.36. The zero-order valence-electron chi connectivity index (χ0n) is 19.5. The highest BCUT2D eigenvalue weighted by Crippen LogP contribution is 2.25. The summed E-state index contributed by atoms with van der Waals surface area (Å²) in [7, 11) is 1.74. The van der Waals surface area contributed by atoms with E-state index in [9.17, 15) is 14.7 Å². The van der Waals surface area contributed by atoms with Crippen LogP contribution in [-0.2, 0) is 7.05 Å². The molecule has 0 saturated carbocycles. The predicted octanol–water partition coefficient (Wildman–Crippen LogP) is 2.25. The molecule has 1 saturated heterocycles. The van der Waals surface area contributed by atoms with Crippen LogP contribution in [0.2, 0.25) is 5.02 Å². The second-order valence-electron chi connectivity index (χ2n) is 9.06. The van der Waals surface area contributed by atoms with Crippen molar-refractivity contribution in [1.82, 2.24) is 29.8 Å². The van der Waals surface area contributed by atoms with Crippen LogP contribution in [0.5, 0.6) is 0 Å². The van der Waals surface area contributed by atoms with E-state index in [1.165, 1.54) is 16.9 Å². The van der Waals surface area contributed by atoms with Gasteiger partial charge in [0.2, 0.25) is 0 Å². The fourth-order valence-electron chi connectivity index (χ4n) is 4.21. The summed E-state index contributed by atoms with van der Waals surface area (Å²) >= 11 is 6.03. The van der Waals surface area contributed by atoms with Crippen molar-refractivity contribution in [3.63, 3.8) is 0 Å². The van der Waals surface area contributed by atoms with Gasteiger partial charge in [-0.3, -0.25) is 14.3 Å². The Morgan fingerprint density at radius 1 is 1.24 bits per heavy atom. The molecule has 0 aliphatic carbocycles. The van der Waals surface area contributed by atoms with E-state index in [1.807, 2.05) is 0 Å². The van der Waals surface area contributed by atoms with Crippen molar-refractivity contribution in [2.75, 3.05) is 19.7 Å². The lowest BCUT2D eigenvalue weighted by molar-refractivity contribution is 0.0546. The number of hydrogen-bond donors (Lipinski definition) is 2. The van der Waals surface area contributed by atoms with Crippen LogP contribution >= 0.6 is 11.6 Å². The number of nitrogens with one attached hydrogen (secondary N) is 1. The molecule has 1 amide bonds. The molecule has 0 radical (unpaired) electrons. The van der Waals surface area contributed by atoms with Crippen molar-refractivity contribution in [2.24, 2.45) is 7.05 Å². The van der Waals surface area contributed by atoms with Gasteiger partial charge in [0.05, 0.1) is 30.2 Å². The van der Waals surface area contributed by atoms with Crippen LogP contribution in [0.4, 0.5) is 0 Å². The number of aliphatic hydroxyl groups excluding tert-OH is 1. The molecule has 0 spiro atoms. The number of amides is 1. The topological polar surface area (TPSA) is 105 Å². The zero-order valence-corrected chi connectivity index (χ0v) is 20.3. The molecule has 1 aliphatic rings. The third-order valence-electron chi connectivity index (χ3n) is 6.40. The molecule has 2 N–H and O–H groups in total. The van der Waals surface area contributed by atoms with E-state index in [0.717, 1.165) is 13.1 Å². The molecule has 1 aliphatic heterocycles. The third kappa shape index (κ3) is 4.91. The minimum Gasteiger partial charge on any atom is -0.394 e. The maximum Gasteiger partial charge on any atom is 0.284 e. The number of aliphatic hydroxyl groups is 1. The van der Waals surface area contributed by atoms with Crippen molar-refractivity contribution >= 4 is 17.5 Å². The zero-order chi connectivity index (χ0) is 24.5. The van der Waals surface area contributed by atoms with E-state index in [-0.39, 0.29) is 12.2 Å². The number of carbonyl (C=O) groups excluding carboxylic acids is 1. The first-order chi connectivity index (χ1) is 16.2. The Labute approximate surface area is 203 Å². The van der Waals surface area contributed by atoms with Gasteiger partial charge in [0.1, 0.15) is 11.3 Å². The number of likely N-dealkylation sites (tertiary alicyclic amines) is 1. The number of piperidine rings is 1. The molecule has 3 heterocycles. The van der Waals surface area contributed by atoms with Crippen molar-refractivity contribution < 1.29 is 9.90 Å². The minimum absolute atomic E-state index is 0.0529. The van der Waals surface area contributed by atoms with Crippen LogP contribution in [0, 0.1) is 0 Å². The van der Waals surface area contributed by atoms with Crippen LogP contribution in [0.1, 0.15) is 37.0 Å². The molecule has 9 nitrogen and oxygen atoms in total. The molecule has 1 fully saturated rings. The second kappa shape index (κ2) is 9.69. The van der Waals surface area contributed by atoms with E-state index in [2.05, 4.69) is 34.3 Å². The summed E-state index contributed by atoms with van der Waals surface area (Å²) in [5, 5.41) is 22.3.